The Balaban J connectivity index is 3.30. The quantitative estimate of drug-likeness (QED) is 0.406. The predicted molar refractivity (Wildman–Crippen MR) is 31.1 cm³/mol. The smallest absolute Gasteiger partial charge is 0.0946 e. The first-order valence-corrected chi connectivity index (χ1v) is 4.06. The zero-order valence-electron chi connectivity index (χ0n) is 5.16. The zero-order chi connectivity index (χ0) is 7.33. The second-order valence-electron chi connectivity index (χ2n) is 1.61. The third kappa shape index (κ3) is 7.87. The predicted octanol–water partition coefficient (Wildman–Crippen LogP) is -0.432. The number of hydrogen-bond acceptors (Lipinski definition) is 4. The van der Waals surface area contributed by atoms with Crippen molar-refractivity contribution in [3.8, 4) is 0 Å². The highest BCUT2D eigenvalue weighted by atomic mass is 32.2. The number of hydrogen-bond donors (Lipinski definition) is 0. The minimum Gasteiger partial charge on any atom is -0.748 e. The van der Waals surface area contributed by atoms with Gasteiger partial charge >= 0.3 is 0 Å². The fourth-order valence-electron chi connectivity index (χ4n) is 0.380. The lowest BCUT2D eigenvalue weighted by atomic mass is 10.5. The summed E-state index contributed by atoms with van der Waals surface area (Å²) in [5, 5.41) is 0. The SMILES string of the molecule is COCCCS(=O)(=O)[O-]. The summed E-state index contributed by atoms with van der Waals surface area (Å²) in [6.45, 7) is 0.321. The highest BCUT2D eigenvalue weighted by Crippen LogP contribution is 1.86. The van der Waals surface area contributed by atoms with Gasteiger partial charge in [-0.2, -0.15) is 0 Å². The van der Waals surface area contributed by atoms with Crippen LogP contribution in [0.3, 0.4) is 0 Å². The van der Waals surface area contributed by atoms with Crippen LogP contribution in [0.15, 0.2) is 0 Å². The average molecular weight is 153 g/mol. The molecule has 0 heterocycles. The van der Waals surface area contributed by atoms with Crippen LogP contribution in [0.2, 0.25) is 0 Å². The average Bonchev–Trinajstić information content (AvgIpc) is 1.63. The van der Waals surface area contributed by atoms with Gasteiger partial charge in [0.05, 0.1) is 10.1 Å². The van der Waals surface area contributed by atoms with Crippen molar-refractivity contribution in [3.63, 3.8) is 0 Å². The van der Waals surface area contributed by atoms with E-state index in [0.717, 1.165) is 0 Å². The monoisotopic (exact) mass is 153 g/mol. The molecule has 9 heavy (non-hydrogen) atoms. The number of rotatable bonds is 4. The van der Waals surface area contributed by atoms with Crippen LogP contribution in [0, 0.1) is 0 Å². The van der Waals surface area contributed by atoms with Gasteiger partial charge in [0.2, 0.25) is 0 Å². The summed E-state index contributed by atoms with van der Waals surface area (Å²) in [5.74, 6) is -0.332. The first kappa shape index (κ1) is 8.87. The topological polar surface area (TPSA) is 66.4 Å². The van der Waals surface area contributed by atoms with E-state index in [1.165, 1.54) is 7.11 Å². The summed E-state index contributed by atoms with van der Waals surface area (Å²) < 4.78 is 34.2. The molecule has 0 aliphatic rings. The first-order chi connectivity index (χ1) is 4.06. The highest BCUT2D eigenvalue weighted by molar-refractivity contribution is 7.85. The second-order valence-corrected chi connectivity index (χ2v) is 3.13. The molecule has 0 amide bonds. The van der Waals surface area contributed by atoms with Crippen molar-refractivity contribution in [2.75, 3.05) is 19.5 Å². The van der Waals surface area contributed by atoms with Crippen molar-refractivity contribution in [1.29, 1.82) is 0 Å². The van der Waals surface area contributed by atoms with Gasteiger partial charge in [-0.1, -0.05) is 0 Å². The van der Waals surface area contributed by atoms with Gasteiger partial charge in [-0.25, -0.2) is 8.42 Å². The van der Waals surface area contributed by atoms with Crippen molar-refractivity contribution in [3.05, 3.63) is 0 Å². The molecule has 0 spiro atoms. The van der Waals surface area contributed by atoms with E-state index >= 15 is 0 Å². The molecule has 0 saturated carbocycles. The van der Waals surface area contributed by atoms with Gasteiger partial charge in [-0.15, -0.1) is 0 Å². The molecule has 0 aromatic carbocycles. The van der Waals surface area contributed by atoms with Crippen LogP contribution in [-0.4, -0.2) is 32.4 Å². The summed E-state index contributed by atoms with van der Waals surface area (Å²) >= 11 is 0. The summed E-state index contributed by atoms with van der Waals surface area (Å²) in [6, 6.07) is 0. The Labute approximate surface area is 54.6 Å². The summed E-state index contributed by atoms with van der Waals surface area (Å²) in [7, 11) is -2.57. The maximum absolute atomic E-state index is 9.89. The van der Waals surface area contributed by atoms with Crippen LogP contribution in [0.4, 0.5) is 0 Å². The molecule has 0 radical (unpaired) electrons. The molecule has 0 aromatic heterocycles. The van der Waals surface area contributed by atoms with Crippen LogP contribution in [0.1, 0.15) is 6.42 Å². The van der Waals surface area contributed by atoms with Crippen LogP contribution in [0.25, 0.3) is 0 Å². The first-order valence-electron chi connectivity index (χ1n) is 2.49. The van der Waals surface area contributed by atoms with Crippen LogP contribution < -0.4 is 0 Å². The van der Waals surface area contributed by atoms with Crippen LogP contribution in [-0.2, 0) is 14.9 Å². The second kappa shape index (κ2) is 3.81. The number of ether oxygens (including phenoxy) is 1. The van der Waals surface area contributed by atoms with E-state index < -0.39 is 10.1 Å². The van der Waals surface area contributed by atoms with Gasteiger partial charge in [0.25, 0.3) is 0 Å². The van der Waals surface area contributed by atoms with Gasteiger partial charge in [0.1, 0.15) is 0 Å². The molecular formula is C4H9O4S-. The zero-order valence-corrected chi connectivity index (χ0v) is 5.98. The minimum absolute atomic E-state index is 0.280. The van der Waals surface area contributed by atoms with Gasteiger partial charge in [-0.3, -0.25) is 0 Å². The molecule has 0 aliphatic heterocycles. The van der Waals surface area contributed by atoms with Crippen LogP contribution >= 0.6 is 0 Å². The molecular weight excluding hydrogens is 144 g/mol. The third-order valence-corrected chi connectivity index (χ3v) is 1.53. The standard InChI is InChI=1S/C4H10O4S/c1-8-3-2-4-9(5,6)7/h2-4H2,1H3,(H,5,6,7)/p-1. The molecule has 0 fully saturated rings. The third-order valence-electron chi connectivity index (χ3n) is 0.743. The molecule has 56 valence electrons. The highest BCUT2D eigenvalue weighted by Gasteiger charge is 1.92. The van der Waals surface area contributed by atoms with E-state index in [2.05, 4.69) is 4.74 Å². The lowest BCUT2D eigenvalue weighted by Gasteiger charge is -2.04. The Kier molecular flexibility index (Phi) is 3.76. The van der Waals surface area contributed by atoms with E-state index in [1.54, 1.807) is 0 Å². The summed E-state index contributed by atoms with van der Waals surface area (Å²) in [6.07, 6.45) is 0.280. The Morgan fingerprint density at radius 2 is 2.11 bits per heavy atom. The van der Waals surface area contributed by atoms with Crippen molar-refractivity contribution in [1.82, 2.24) is 0 Å². The molecule has 0 rings (SSSR count). The van der Waals surface area contributed by atoms with Gasteiger partial charge in [0, 0.05) is 19.5 Å². The van der Waals surface area contributed by atoms with Crippen molar-refractivity contribution >= 4 is 10.1 Å². The molecule has 4 nitrogen and oxygen atoms in total. The maximum atomic E-state index is 9.89. The molecule has 0 unspecified atom stereocenters. The molecule has 0 aromatic rings. The Bertz CT molecular complexity index is 148. The fraction of sp³-hybridized carbons (Fsp3) is 1.00. The van der Waals surface area contributed by atoms with Crippen molar-refractivity contribution < 1.29 is 17.7 Å². The van der Waals surface area contributed by atoms with Gasteiger partial charge in [0.15, 0.2) is 0 Å². The van der Waals surface area contributed by atoms with Gasteiger partial charge in [-0.05, 0) is 6.42 Å². The molecule has 0 atom stereocenters. The largest absolute Gasteiger partial charge is 0.748 e. The Morgan fingerprint density at radius 3 is 2.44 bits per heavy atom. The number of methoxy groups -OCH3 is 1. The van der Waals surface area contributed by atoms with Crippen molar-refractivity contribution in [2.45, 2.75) is 6.42 Å². The molecule has 0 N–H and O–H groups in total. The van der Waals surface area contributed by atoms with Gasteiger partial charge < -0.3 is 9.29 Å². The molecule has 0 aliphatic carbocycles. The van der Waals surface area contributed by atoms with E-state index in [9.17, 15) is 13.0 Å². The molecule has 0 bridgehead atoms. The molecule has 0 saturated heterocycles. The Hall–Kier alpha value is -0.130. The normalized spacial score (nSPS) is 11.8. The van der Waals surface area contributed by atoms with E-state index in [0.29, 0.717) is 6.61 Å². The van der Waals surface area contributed by atoms with Crippen molar-refractivity contribution in [2.24, 2.45) is 0 Å². The summed E-state index contributed by atoms with van der Waals surface area (Å²) in [5.41, 5.74) is 0. The lowest BCUT2D eigenvalue weighted by molar-refractivity contribution is 0.199. The Morgan fingerprint density at radius 1 is 1.56 bits per heavy atom. The summed E-state index contributed by atoms with van der Waals surface area (Å²) in [4.78, 5) is 0. The minimum atomic E-state index is -4.03. The van der Waals surface area contributed by atoms with E-state index in [1.807, 2.05) is 0 Å². The maximum Gasteiger partial charge on any atom is 0.0946 e. The lowest BCUT2D eigenvalue weighted by Crippen LogP contribution is -2.06. The molecule has 5 heteroatoms. The van der Waals surface area contributed by atoms with E-state index in [-0.39, 0.29) is 12.2 Å². The van der Waals surface area contributed by atoms with E-state index in [4.69, 9.17) is 0 Å². The van der Waals surface area contributed by atoms with Crippen LogP contribution in [0.5, 0.6) is 0 Å². The fourth-order valence-corrected chi connectivity index (χ4v) is 0.851.